The minimum Gasteiger partial charge on any atom is -0.387 e. The molecule has 0 spiro atoms. The van der Waals surface area contributed by atoms with E-state index in [1.807, 2.05) is 4.98 Å². The highest BCUT2D eigenvalue weighted by molar-refractivity contribution is 7.47. The lowest BCUT2D eigenvalue weighted by molar-refractivity contribution is -0.0612. The minimum atomic E-state index is -4.45. The highest BCUT2D eigenvalue weighted by Crippen LogP contribution is 2.46. The fraction of sp³-hybridized carbons (Fsp3) is 0.714. The summed E-state index contributed by atoms with van der Waals surface area (Å²) in [6.07, 6.45) is -3.32. The average molecular weight is 412 g/mol. The molecule has 0 saturated carbocycles. The van der Waals surface area contributed by atoms with Crippen LogP contribution in [-0.4, -0.2) is 64.4 Å². The van der Waals surface area contributed by atoms with Gasteiger partial charge in [-0.1, -0.05) is 0 Å². The van der Waals surface area contributed by atoms with Crippen LogP contribution < -0.4 is 11.2 Å². The molecule has 2 unspecified atom stereocenters. The quantitative estimate of drug-likeness (QED) is 0.367. The highest BCUT2D eigenvalue weighted by atomic mass is 31.2. The molecule has 13 heteroatoms. The third kappa shape index (κ3) is 5.32. The Morgan fingerprint density at radius 3 is 2.74 bits per heavy atom. The van der Waals surface area contributed by atoms with Gasteiger partial charge >= 0.3 is 13.5 Å². The standard InChI is InChI=1S/C14H22FN2O9P/c1-14(15)11(19)9(8-25-27(21,22)24-7-3-6-23-2)26-12(14)17-5-4-10(18)16-13(17)20/h4-5,9,11-12,19H,3,6-8H2,1-2H3,(H,21,22)(H,16,18,20)/t9-,11+,12-,14?/m1/s1. The third-order valence-electron chi connectivity index (χ3n) is 3.97. The number of ether oxygens (including phenoxy) is 2. The van der Waals surface area contributed by atoms with E-state index in [0.29, 0.717) is 13.0 Å². The van der Waals surface area contributed by atoms with Crippen molar-refractivity contribution in [2.45, 2.75) is 37.4 Å². The molecule has 1 aliphatic heterocycles. The number of methoxy groups -OCH3 is 1. The first kappa shape index (κ1) is 21.9. The van der Waals surface area contributed by atoms with Gasteiger partial charge in [0.25, 0.3) is 5.56 Å². The van der Waals surface area contributed by atoms with E-state index in [4.69, 9.17) is 18.5 Å². The SMILES string of the molecule is COCCCOP(=O)(O)OC[C@H]1O[C@@H](n2ccc(=O)[nH]c2=O)C(C)(F)[C@H]1O. The second-order valence-electron chi connectivity index (χ2n) is 6.08. The maximum Gasteiger partial charge on any atom is 0.472 e. The van der Waals surface area contributed by atoms with Gasteiger partial charge in [-0.3, -0.25) is 23.4 Å². The lowest BCUT2D eigenvalue weighted by atomic mass is 9.98. The lowest BCUT2D eigenvalue weighted by Crippen LogP contribution is -2.43. The van der Waals surface area contributed by atoms with Crippen LogP contribution in [0.4, 0.5) is 4.39 Å². The number of aromatic amines is 1. The Bertz CT molecular complexity index is 795. The molecule has 0 amide bonds. The Hall–Kier alpha value is -1.40. The Labute approximate surface area is 153 Å². The van der Waals surface area contributed by atoms with Gasteiger partial charge < -0.3 is 19.5 Å². The van der Waals surface area contributed by atoms with E-state index in [2.05, 4.69) is 0 Å². The van der Waals surface area contributed by atoms with Crippen LogP contribution in [0.25, 0.3) is 0 Å². The molecule has 1 fully saturated rings. The molecule has 0 aliphatic carbocycles. The van der Waals surface area contributed by atoms with Gasteiger partial charge in [0.2, 0.25) is 0 Å². The summed E-state index contributed by atoms with van der Waals surface area (Å²) in [7, 11) is -2.98. The van der Waals surface area contributed by atoms with Crippen molar-refractivity contribution < 1.29 is 37.5 Å². The number of alkyl halides is 1. The van der Waals surface area contributed by atoms with Gasteiger partial charge in [-0.2, -0.15) is 0 Å². The van der Waals surface area contributed by atoms with Crippen LogP contribution in [0.5, 0.6) is 0 Å². The summed E-state index contributed by atoms with van der Waals surface area (Å²) in [6.45, 7) is 0.555. The number of hydrogen-bond acceptors (Lipinski definition) is 8. The number of halogens is 1. The minimum absolute atomic E-state index is 0.105. The van der Waals surface area contributed by atoms with Gasteiger partial charge in [-0.05, 0) is 13.3 Å². The summed E-state index contributed by atoms with van der Waals surface area (Å²) in [5.41, 5.74) is -4.05. The fourth-order valence-corrected chi connectivity index (χ4v) is 3.32. The number of aromatic nitrogens is 2. The van der Waals surface area contributed by atoms with Gasteiger partial charge in [0, 0.05) is 26.0 Å². The summed E-state index contributed by atoms with van der Waals surface area (Å²) in [6, 6.07) is 0.993. The molecule has 2 heterocycles. The van der Waals surface area contributed by atoms with E-state index in [1.54, 1.807) is 0 Å². The predicted octanol–water partition coefficient (Wildman–Crippen LogP) is -0.307. The molecule has 1 saturated heterocycles. The molecule has 1 aliphatic rings. The first-order chi connectivity index (χ1) is 12.6. The number of aliphatic hydroxyl groups is 1. The third-order valence-corrected chi connectivity index (χ3v) is 4.95. The van der Waals surface area contributed by atoms with Gasteiger partial charge in [0.15, 0.2) is 11.9 Å². The zero-order valence-corrected chi connectivity index (χ0v) is 15.6. The van der Waals surface area contributed by atoms with Crippen molar-refractivity contribution in [1.82, 2.24) is 9.55 Å². The molecule has 5 atom stereocenters. The average Bonchev–Trinajstić information content (AvgIpc) is 2.80. The molecule has 2 rings (SSSR count). The number of nitrogens with one attached hydrogen (secondary N) is 1. The monoisotopic (exact) mass is 412 g/mol. The molecule has 1 aromatic heterocycles. The summed E-state index contributed by atoms with van der Waals surface area (Å²) in [4.78, 5) is 34.5. The van der Waals surface area contributed by atoms with Crippen molar-refractivity contribution in [3.05, 3.63) is 33.1 Å². The molecule has 3 N–H and O–H groups in total. The normalized spacial score (nSPS) is 30.3. The van der Waals surface area contributed by atoms with E-state index >= 15 is 0 Å². The zero-order valence-electron chi connectivity index (χ0n) is 14.7. The van der Waals surface area contributed by atoms with Crippen LogP contribution in [0.2, 0.25) is 0 Å². The molecule has 11 nitrogen and oxygen atoms in total. The van der Waals surface area contributed by atoms with Crippen LogP contribution in [0.1, 0.15) is 19.6 Å². The number of nitrogens with zero attached hydrogens (tertiary/aromatic N) is 1. The van der Waals surface area contributed by atoms with E-state index in [1.165, 1.54) is 7.11 Å². The molecule has 0 bridgehead atoms. The second kappa shape index (κ2) is 8.74. The molecule has 27 heavy (non-hydrogen) atoms. The molecular weight excluding hydrogens is 390 g/mol. The van der Waals surface area contributed by atoms with Crippen molar-refractivity contribution in [1.29, 1.82) is 0 Å². The van der Waals surface area contributed by atoms with E-state index in [0.717, 1.165) is 23.8 Å². The fourth-order valence-electron chi connectivity index (χ4n) is 2.55. The summed E-state index contributed by atoms with van der Waals surface area (Å²) in [5.74, 6) is 0. The number of aliphatic hydroxyl groups excluding tert-OH is 1. The molecular formula is C14H22FN2O9P. The first-order valence-corrected chi connectivity index (χ1v) is 9.53. The summed E-state index contributed by atoms with van der Waals surface area (Å²) < 4.78 is 47.0. The first-order valence-electron chi connectivity index (χ1n) is 8.03. The van der Waals surface area contributed by atoms with Gasteiger partial charge in [-0.25, -0.2) is 13.8 Å². The Morgan fingerprint density at radius 1 is 1.41 bits per heavy atom. The Kier molecular flexibility index (Phi) is 7.09. The maximum absolute atomic E-state index is 14.9. The second-order valence-corrected chi connectivity index (χ2v) is 7.54. The largest absolute Gasteiger partial charge is 0.472 e. The molecule has 0 aromatic carbocycles. The van der Waals surface area contributed by atoms with Gasteiger partial charge in [0.1, 0.15) is 12.2 Å². The van der Waals surface area contributed by atoms with Crippen LogP contribution in [0.15, 0.2) is 21.9 Å². The van der Waals surface area contributed by atoms with E-state index in [-0.39, 0.29) is 6.61 Å². The van der Waals surface area contributed by atoms with Gasteiger partial charge in [0.05, 0.1) is 13.2 Å². The van der Waals surface area contributed by atoms with Crippen LogP contribution in [-0.2, 0) is 23.1 Å². The van der Waals surface area contributed by atoms with E-state index in [9.17, 15) is 28.5 Å². The van der Waals surface area contributed by atoms with E-state index < -0.39 is 49.8 Å². The van der Waals surface area contributed by atoms with Crippen molar-refractivity contribution in [3.63, 3.8) is 0 Å². The van der Waals surface area contributed by atoms with Crippen LogP contribution >= 0.6 is 7.82 Å². The van der Waals surface area contributed by atoms with Gasteiger partial charge in [-0.15, -0.1) is 0 Å². The van der Waals surface area contributed by atoms with Crippen molar-refractivity contribution in [2.75, 3.05) is 26.9 Å². The summed E-state index contributed by atoms with van der Waals surface area (Å²) >= 11 is 0. The summed E-state index contributed by atoms with van der Waals surface area (Å²) in [5, 5.41) is 10.1. The highest BCUT2D eigenvalue weighted by Gasteiger charge is 2.55. The number of phosphoric acid groups is 1. The smallest absolute Gasteiger partial charge is 0.387 e. The van der Waals surface area contributed by atoms with Crippen LogP contribution in [0.3, 0.4) is 0 Å². The van der Waals surface area contributed by atoms with Crippen molar-refractivity contribution in [3.8, 4) is 0 Å². The Morgan fingerprint density at radius 2 is 2.11 bits per heavy atom. The number of hydrogen-bond donors (Lipinski definition) is 3. The molecule has 154 valence electrons. The molecule has 0 radical (unpaired) electrons. The van der Waals surface area contributed by atoms with Crippen LogP contribution in [0, 0.1) is 0 Å². The number of H-pyrrole nitrogens is 1. The zero-order chi connectivity index (χ0) is 20.2. The topological polar surface area (TPSA) is 149 Å². The Balaban J connectivity index is 2.04. The predicted molar refractivity (Wildman–Crippen MR) is 89.0 cm³/mol. The van der Waals surface area contributed by atoms with Crippen molar-refractivity contribution >= 4 is 7.82 Å². The van der Waals surface area contributed by atoms with Crippen molar-refractivity contribution in [2.24, 2.45) is 0 Å². The number of phosphoric ester groups is 1. The number of rotatable bonds is 9. The maximum atomic E-state index is 14.9. The molecule has 1 aromatic rings. The lowest BCUT2D eigenvalue weighted by Gasteiger charge is -2.24.